The lowest BCUT2D eigenvalue weighted by Crippen LogP contribution is -2.59. The topological polar surface area (TPSA) is 79.6 Å². The highest BCUT2D eigenvalue weighted by molar-refractivity contribution is 5.98. The number of aromatic nitrogens is 2. The van der Waals surface area contributed by atoms with Crippen molar-refractivity contribution in [2.75, 3.05) is 13.1 Å². The average Bonchev–Trinajstić information content (AvgIpc) is 3.30. The van der Waals surface area contributed by atoms with Crippen molar-refractivity contribution >= 4 is 23.2 Å². The van der Waals surface area contributed by atoms with Crippen molar-refractivity contribution in [3.8, 4) is 0 Å². The van der Waals surface area contributed by atoms with Crippen LogP contribution in [0.2, 0.25) is 0 Å². The van der Waals surface area contributed by atoms with Gasteiger partial charge in [0, 0.05) is 47.9 Å². The number of nitrogens with zero attached hydrogens (tertiary/aromatic N) is 4. The van der Waals surface area contributed by atoms with Crippen LogP contribution in [0.1, 0.15) is 71.6 Å². The summed E-state index contributed by atoms with van der Waals surface area (Å²) in [6, 6.07) is 5.99. The highest BCUT2D eigenvalue weighted by atomic mass is 16.2. The summed E-state index contributed by atoms with van der Waals surface area (Å²) in [4.78, 5) is 32.4. The molecule has 7 nitrogen and oxygen atoms in total. The van der Waals surface area contributed by atoms with Gasteiger partial charge in [0.05, 0.1) is 11.9 Å². The fourth-order valence-corrected chi connectivity index (χ4v) is 4.97. The standard InChI is InChI=1S/C23H27N5O2/c1-14(2)28-20-18(13-24-28)12-23(26-21(20)29)6-8-27(9-7-23)22(30)17-5-4-16-10-15(3)25-19(16)11-17/h4-5,11,13-14H,6-10,12H2,1-3H3,(H,26,29). The first kappa shape index (κ1) is 19.0. The molecule has 3 aliphatic rings. The molecule has 1 N–H and O–H groups in total. The van der Waals surface area contributed by atoms with Crippen molar-refractivity contribution in [2.24, 2.45) is 4.99 Å². The highest BCUT2D eigenvalue weighted by Gasteiger charge is 2.43. The molecule has 1 aromatic carbocycles. The maximum absolute atomic E-state index is 13.1. The number of hydrogen-bond acceptors (Lipinski definition) is 4. The van der Waals surface area contributed by atoms with Gasteiger partial charge in [-0.3, -0.25) is 19.3 Å². The van der Waals surface area contributed by atoms with Crippen LogP contribution < -0.4 is 5.32 Å². The number of piperidine rings is 1. The van der Waals surface area contributed by atoms with Crippen molar-refractivity contribution in [2.45, 2.75) is 58.0 Å². The number of hydrogen-bond donors (Lipinski definition) is 1. The Balaban J connectivity index is 1.30. The number of carbonyl (C=O) groups is 2. The van der Waals surface area contributed by atoms with Gasteiger partial charge in [-0.2, -0.15) is 5.10 Å². The average molecular weight is 406 g/mol. The summed E-state index contributed by atoms with van der Waals surface area (Å²) < 4.78 is 1.80. The van der Waals surface area contributed by atoms with E-state index in [1.807, 2.05) is 50.1 Å². The van der Waals surface area contributed by atoms with E-state index in [4.69, 9.17) is 0 Å². The number of rotatable bonds is 2. The van der Waals surface area contributed by atoms with Gasteiger partial charge in [0.1, 0.15) is 5.69 Å². The maximum atomic E-state index is 13.1. The molecule has 2 aromatic rings. The molecule has 1 aromatic heterocycles. The molecule has 0 saturated carbocycles. The molecule has 0 unspecified atom stereocenters. The minimum atomic E-state index is -0.287. The van der Waals surface area contributed by atoms with E-state index >= 15 is 0 Å². The minimum absolute atomic E-state index is 0.0443. The van der Waals surface area contributed by atoms with Crippen LogP contribution in [-0.4, -0.2) is 50.8 Å². The van der Waals surface area contributed by atoms with Crippen LogP contribution in [0.25, 0.3) is 0 Å². The van der Waals surface area contributed by atoms with Gasteiger partial charge in [-0.25, -0.2) is 0 Å². The minimum Gasteiger partial charge on any atom is -0.345 e. The van der Waals surface area contributed by atoms with E-state index in [9.17, 15) is 9.59 Å². The molecule has 4 heterocycles. The lowest BCUT2D eigenvalue weighted by atomic mass is 9.79. The molecule has 0 radical (unpaired) electrons. The summed E-state index contributed by atoms with van der Waals surface area (Å²) in [6.07, 6.45) is 4.97. The molecule has 1 spiro atoms. The molecular formula is C23H27N5O2. The SMILES string of the molecule is CC1=Nc2cc(C(=O)N3CCC4(CC3)Cc3cnn(C(C)C)c3C(=O)N4)ccc2C1. The molecule has 156 valence electrons. The van der Waals surface area contributed by atoms with Crippen LogP contribution in [0.4, 0.5) is 5.69 Å². The maximum Gasteiger partial charge on any atom is 0.270 e. The van der Waals surface area contributed by atoms with E-state index in [2.05, 4.69) is 15.4 Å². The van der Waals surface area contributed by atoms with Gasteiger partial charge in [0.15, 0.2) is 0 Å². The fourth-order valence-electron chi connectivity index (χ4n) is 4.97. The van der Waals surface area contributed by atoms with Gasteiger partial charge >= 0.3 is 0 Å². The van der Waals surface area contributed by atoms with Gasteiger partial charge in [0.2, 0.25) is 0 Å². The Bertz CT molecular complexity index is 1070. The van der Waals surface area contributed by atoms with Crippen molar-refractivity contribution in [3.05, 3.63) is 46.8 Å². The molecule has 0 aliphatic carbocycles. The Morgan fingerprint density at radius 1 is 1.20 bits per heavy atom. The van der Waals surface area contributed by atoms with E-state index in [0.29, 0.717) is 24.3 Å². The molecule has 1 saturated heterocycles. The predicted octanol–water partition coefficient (Wildman–Crippen LogP) is 3.07. The fraction of sp³-hybridized carbons (Fsp3) is 0.478. The Kier molecular flexibility index (Phi) is 4.31. The van der Waals surface area contributed by atoms with Gasteiger partial charge in [-0.15, -0.1) is 0 Å². The zero-order valence-corrected chi connectivity index (χ0v) is 17.7. The molecule has 3 aliphatic heterocycles. The lowest BCUT2D eigenvalue weighted by molar-refractivity contribution is 0.0603. The van der Waals surface area contributed by atoms with Crippen LogP contribution in [0.15, 0.2) is 29.4 Å². The normalized spacial score (nSPS) is 19.5. The number of nitrogens with one attached hydrogen (secondary N) is 1. The predicted molar refractivity (Wildman–Crippen MR) is 115 cm³/mol. The largest absolute Gasteiger partial charge is 0.345 e. The van der Waals surface area contributed by atoms with Crippen LogP contribution >= 0.6 is 0 Å². The second-order valence-electron chi connectivity index (χ2n) is 9.13. The zero-order valence-electron chi connectivity index (χ0n) is 17.7. The Morgan fingerprint density at radius 2 is 1.97 bits per heavy atom. The van der Waals surface area contributed by atoms with Crippen LogP contribution in [0.3, 0.4) is 0 Å². The van der Waals surface area contributed by atoms with E-state index in [1.165, 1.54) is 5.56 Å². The van der Waals surface area contributed by atoms with Gasteiger partial charge in [0.25, 0.3) is 11.8 Å². The number of fused-ring (bicyclic) bond motifs is 2. The monoisotopic (exact) mass is 405 g/mol. The highest BCUT2D eigenvalue weighted by Crippen LogP contribution is 2.34. The number of aliphatic imine (C=N–C) groups is 1. The molecule has 7 heteroatoms. The molecule has 5 rings (SSSR count). The Morgan fingerprint density at radius 3 is 2.70 bits per heavy atom. The van der Waals surface area contributed by atoms with E-state index in [-0.39, 0.29) is 23.4 Å². The van der Waals surface area contributed by atoms with E-state index < -0.39 is 0 Å². The van der Waals surface area contributed by atoms with E-state index in [1.54, 1.807) is 4.68 Å². The smallest absolute Gasteiger partial charge is 0.270 e. The summed E-state index contributed by atoms with van der Waals surface area (Å²) in [5.74, 6) is -0.00284. The number of carbonyl (C=O) groups excluding carboxylic acids is 2. The Labute approximate surface area is 176 Å². The first-order valence-electron chi connectivity index (χ1n) is 10.7. The summed E-state index contributed by atoms with van der Waals surface area (Å²) in [5, 5.41) is 7.67. The van der Waals surface area contributed by atoms with Crippen LogP contribution in [0, 0.1) is 0 Å². The Hall–Kier alpha value is -2.96. The number of likely N-dealkylation sites (tertiary alicyclic amines) is 1. The van der Waals surface area contributed by atoms with E-state index in [0.717, 1.165) is 42.6 Å². The molecule has 1 fully saturated rings. The van der Waals surface area contributed by atoms with Crippen molar-refractivity contribution in [1.29, 1.82) is 0 Å². The molecule has 0 atom stereocenters. The van der Waals surface area contributed by atoms with Crippen molar-refractivity contribution in [3.63, 3.8) is 0 Å². The number of amides is 2. The molecule has 0 bridgehead atoms. The zero-order chi connectivity index (χ0) is 21.0. The first-order chi connectivity index (χ1) is 14.3. The summed E-state index contributed by atoms with van der Waals surface area (Å²) in [6.45, 7) is 7.33. The summed E-state index contributed by atoms with van der Waals surface area (Å²) >= 11 is 0. The van der Waals surface area contributed by atoms with Crippen molar-refractivity contribution in [1.82, 2.24) is 20.0 Å². The van der Waals surface area contributed by atoms with Gasteiger partial charge in [-0.05, 0) is 57.7 Å². The van der Waals surface area contributed by atoms with Crippen LogP contribution in [0.5, 0.6) is 0 Å². The second-order valence-corrected chi connectivity index (χ2v) is 9.13. The third-order valence-electron chi connectivity index (χ3n) is 6.58. The van der Waals surface area contributed by atoms with Crippen LogP contribution in [-0.2, 0) is 12.8 Å². The van der Waals surface area contributed by atoms with Gasteiger partial charge in [-0.1, -0.05) is 6.07 Å². The summed E-state index contributed by atoms with van der Waals surface area (Å²) in [5.41, 5.74) is 5.29. The van der Waals surface area contributed by atoms with Gasteiger partial charge < -0.3 is 10.2 Å². The molecular weight excluding hydrogens is 378 g/mol. The third-order valence-corrected chi connectivity index (χ3v) is 6.58. The molecule has 2 amide bonds. The number of benzene rings is 1. The lowest BCUT2D eigenvalue weighted by Gasteiger charge is -2.44. The summed E-state index contributed by atoms with van der Waals surface area (Å²) in [7, 11) is 0. The first-order valence-corrected chi connectivity index (χ1v) is 10.7. The van der Waals surface area contributed by atoms with Crippen molar-refractivity contribution < 1.29 is 9.59 Å². The quantitative estimate of drug-likeness (QED) is 0.834. The third kappa shape index (κ3) is 3.04. The second kappa shape index (κ2) is 6.79. The molecule has 30 heavy (non-hydrogen) atoms.